The zero-order valence-electron chi connectivity index (χ0n) is 12.6. The van der Waals surface area contributed by atoms with Gasteiger partial charge in [0.1, 0.15) is 0 Å². The number of rotatable bonds is 8. The molecule has 0 radical (unpaired) electrons. The lowest BCUT2D eigenvalue weighted by molar-refractivity contribution is 0.300. The molecule has 0 aliphatic carbocycles. The van der Waals surface area contributed by atoms with Gasteiger partial charge in [-0.3, -0.25) is 0 Å². The van der Waals surface area contributed by atoms with E-state index in [1.54, 1.807) is 0 Å². The fourth-order valence-corrected chi connectivity index (χ4v) is 4.72. The van der Waals surface area contributed by atoms with Crippen LogP contribution in [0.1, 0.15) is 0 Å². The van der Waals surface area contributed by atoms with E-state index in [1.165, 1.54) is 36.4 Å². The fourth-order valence-electron chi connectivity index (χ4n) is 2.24. The molecule has 0 unspecified atom stereocenters. The van der Waals surface area contributed by atoms with E-state index in [1.807, 2.05) is 0 Å². The number of fused-ring (bicyclic) bond motifs is 1. The molecule has 0 aliphatic rings. The largest absolute Gasteiger partial charge is 0.395 e. The highest BCUT2D eigenvalue weighted by Gasteiger charge is 2.21. The summed E-state index contributed by atoms with van der Waals surface area (Å²) in [6.07, 6.45) is 0. The summed E-state index contributed by atoms with van der Waals surface area (Å²) in [5, 5.41) is 18.1. The molecule has 10 heteroatoms. The Bertz CT molecular complexity index is 848. The highest BCUT2D eigenvalue weighted by Crippen LogP contribution is 2.28. The van der Waals surface area contributed by atoms with Gasteiger partial charge in [0.15, 0.2) is 0 Å². The topological polar surface area (TPSA) is 133 Å². The van der Waals surface area contributed by atoms with Gasteiger partial charge in [-0.15, -0.1) is 0 Å². The summed E-state index contributed by atoms with van der Waals surface area (Å²) in [6, 6.07) is 8.63. The van der Waals surface area contributed by atoms with Crippen LogP contribution in [-0.4, -0.2) is 53.4 Å². The van der Waals surface area contributed by atoms with Gasteiger partial charge < -0.3 is 10.2 Å². The second kappa shape index (κ2) is 7.55. The molecular formula is C14H18N2O6S2. The summed E-state index contributed by atoms with van der Waals surface area (Å²) in [7, 11) is -7.79. The van der Waals surface area contributed by atoms with E-state index < -0.39 is 20.0 Å². The predicted molar refractivity (Wildman–Crippen MR) is 88.5 cm³/mol. The number of nitrogens with one attached hydrogen (secondary N) is 2. The second-order valence-electron chi connectivity index (χ2n) is 4.85. The molecule has 24 heavy (non-hydrogen) atoms. The summed E-state index contributed by atoms with van der Waals surface area (Å²) in [6.45, 7) is -0.993. The van der Waals surface area contributed by atoms with Gasteiger partial charge in [0.2, 0.25) is 20.0 Å². The Kier molecular flexibility index (Phi) is 5.91. The van der Waals surface area contributed by atoms with Gasteiger partial charge in [0.05, 0.1) is 23.0 Å². The van der Waals surface area contributed by atoms with Crippen LogP contribution in [0, 0.1) is 0 Å². The van der Waals surface area contributed by atoms with E-state index >= 15 is 0 Å². The van der Waals surface area contributed by atoms with Crippen molar-refractivity contribution in [3.8, 4) is 0 Å². The van der Waals surface area contributed by atoms with Crippen molar-refractivity contribution < 1.29 is 27.0 Å². The van der Waals surface area contributed by atoms with Crippen molar-refractivity contribution in [2.24, 2.45) is 0 Å². The van der Waals surface area contributed by atoms with Gasteiger partial charge in [-0.1, -0.05) is 24.3 Å². The lowest BCUT2D eigenvalue weighted by Gasteiger charge is -2.12. The molecule has 0 fully saturated rings. The normalized spacial score (nSPS) is 12.6. The van der Waals surface area contributed by atoms with E-state index in [9.17, 15) is 16.8 Å². The fraction of sp³-hybridized carbons (Fsp3) is 0.286. The predicted octanol–water partition coefficient (Wildman–Crippen LogP) is -0.619. The molecule has 0 atom stereocenters. The van der Waals surface area contributed by atoms with Gasteiger partial charge >= 0.3 is 0 Å². The third-order valence-electron chi connectivity index (χ3n) is 3.23. The summed E-state index contributed by atoms with van der Waals surface area (Å²) < 4.78 is 53.7. The minimum atomic E-state index is -3.89. The first kappa shape index (κ1) is 18.8. The first-order valence-corrected chi connectivity index (χ1v) is 10.0. The molecule has 0 saturated heterocycles. The Hall–Kier alpha value is -1.56. The molecule has 0 spiro atoms. The minimum Gasteiger partial charge on any atom is -0.395 e. The van der Waals surface area contributed by atoms with Crippen molar-refractivity contribution in [3.63, 3.8) is 0 Å². The Morgan fingerprint density at radius 1 is 0.708 bits per heavy atom. The van der Waals surface area contributed by atoms with Gasteiger partial charge in [0, 0.05) is 23.9 Å². The van der Waals surface area contributed by atoms with Crippen molar-refractivity contribution in [2.75, 3.05) is 26.3 Å². The maximum Gasteiger partial charge on any atom is 0.241 e. The monoisotopic (exact) mass is 374 g/mol. The van der Waals surface area contributed by atoms with Gasteiger partial charge in [-0.05, 0) is 12.1 Å². The maximum absolute atomic E-state index is 12.3. The van der Waals surface area contributed by atoms with Crippen LogP contribution >= 0.6 is 0 Å². The first-order chi connectivity index (χ1) is 11.3. The van der Waals surface area contributed by atoms with Crippen LogP contribution in [0.15, 0.2) is 46.2 Å². The molecule has 0 heterocycles. The second-order valence-corrected chi connectivity index (χ2v) is 8.32. The van der Waals surface area contributed by atoms with E-state index in [-0.39, 0.29) is 46.9 Å². The van der Waals surface area contributed by atoms with Crippen molar-refractivity contribution in [3.05, 3.63) is 36.4 Å². The lowest BCUT2D eigenvalue weighted by Crippen LogP contribution is -2.27. The van der Waals surface area contributed by atoms with Crippen LogP contribution in [0.5, 0.6) is 0 Å². The zero-order chi connectivity index (χ0) is 17.8. The molecule has 4 N–H and O–H groups in total. The van der Waals surface area contributed by atoms with Crippen LogP contribution in [0.4, 0.5) is 0 Å². The molecule has 132 valence electrons. The number of aliphatic hydroxyl groups is 2. The quantitative estimate of drug-likeness (QED) is 0.487. The zero-order valence-corrected chi connectivity index (χ0v) is 14.3. The Labute approximate surface area is 140 Å². The minimum absolute atomic E-state index is 0.0762. The van der Waals surface area contributed by atoms with E-state index in [0.717, 1.165) is 0 Å². The van der Waals surface area contributed by atoms with E-state index in [2.05, 4.69) is 9.44 Å². The smallest absolute Gasteiger partial charge is 0.241 e. The summed E-state index contributed by atoms with van der Waals surface area (Å²) in [4.78, 5) is -0.152. The maximum atomic E-state index is 12.3. The van der Waals surface area contributed by atoms with Gasteiger partial charge in [-0.2, -0.15) is 0 Å². The van der Waals surface area contributed by atoms with Crippen LogP contribution in [0.2, 0.25) is 0 Å². The lowest BCUT2D eigenvalue weighted by atomic mass is 10.1. The molecule has 0 amide bonds. The standard InChI is InChI=1S/C14H18N2O6S2/c17-9-7-15-23(19,20)13-5-1-3-11-12(13)4-2-6-14(11)24(21,22)16-8-10-18/h1-6,15-18H,7-10H2. The summed E-state index contributed by atoms with van der Waals surface area (Å²) >= 11 is 0. The number of hydrogen-bond donors (Lipinski definition) is 4. The number of benzene rings is 2. The molecule has 0 saturated carbocycles. The van der Waals surface area contributed by atoms with E-state index in [4.69, 9.17) is 10.2 Å². The van der Waals surface area contributed by atoms with E-state index in [0.29, 0.717) is 0 Å². The molecule has 0 aromatic heterocycles. The molecule has 2 aromatic rings. The number of hydrogen-bond acceptors (Lipinski definition) is 6. The van der Waals surface area contributed by atoms with Crippen molar-refractivity contribution >= 4 is 30.8 Å². The summed E-state index contributed by atoms with van der Waals surface area (Å²) in [5.74, 6) is 0. The van der Waals surface area contributed by atoms with Crippen LogP contribution in [-0.2, 0) is 20.0 Å². The van der Waals surface area contributed by atoms with Crippen LogP contribution in [0.25, 0.3) is 10.8 Å². The average Bonchev–Trinajstić information content (AvgIpc) is 2.57. The third kappa shape index (κ3) is 3.91. The Balaban J connectivity index is 2.63. The highest BCUT2D eigenvalue weighted by molar-refractivity contribution is 7.90. The van der Waals surface area contributed by atoms with Crippen molar-refractivity contribution in [2.45, 2.75) is 9.79 Å². The van der Waals surface area contributed by atoms with Crippen molar-refractivity contribution in [1.82, 2.24) is 9.44 Å². The number of aliphatic hydroxyl groups excluding tert-OH is 2. The van der Waals surface area contributed by atoms with Gasteiger partial charge in [-0.25, -0.2) is 26.3 Å². The molecule has 2 aromatic carbocycles. The molecule has 8 nitrogen and oxygen atoms in total. The average molecular weight is 374 g/mol. The Morgan fingerprint density at radius 3 is 1.42 bits per heavy atom. The highest BCUT2D eigenvalue weighted by atomic mass is 32.2. The molecule has 0 aliphatic heterocycles. The third-order valence-corrected chi connectivity index (χ3v) is 6.27. The molecular weight excluding hydrogens is 356 g/mol. The first-order valence-electron chi connectivity index (χ1n) is 7.06. The SMILES string of the molecule is O=S(=O)(NCCO)c1cccc2c(S(=O)(=O)NCCO)cccc12. The Morgan fingerprint density at radius 2 is 1.08 bits per heavy atom. The van der Waals surface area contributed by atoms with Gasteiger partial charge in [0.25, 0.3) is 0 Å². The van der Waals surface area contributed by atoms with Crippen LogP contribution < -0.4 is 9.44 Å². The molecule has 2 rings (SSSR count). The number of sulfonamides is 2. The van der Waals surface area contributed by atoms with Crippen molar-refractivity contribution in [1.29, 1.82) is 0 Å². The summed E-state index contributed by atoms with van der Waals surface area (Å²) in [5.41, 5.74) is 0. The molecule has 0 bridgehead atoms. The van der Waals surface area contributed by atoms with Crippen LogP contribution in [0.3, 0.4) is 0 Å².